The second kappa shape index (κ2) is 5.91. The molecule has 0 unspecified atom stereocenters. The minimum absolute atomic E-state index is 0.0133. The van der Waals surface area contributed by atoms with Gasteiger partial charge in [0.2, 0.25) is 0 Å². The molecule has 21 heavy (non-hydrogen) atoms. The average Bonchev–Trinajstić information content (AvgIpc) is 2.55. The monoisotopic (exact) mass is 282 g/mol. The molecule has 2 aromatic heterocycles. The normalized spacial score (nSPS) is 15.1. The highest BCUT2D eigenvalue weighted by molar-refractivity contribution is 5.92. The van der Waals surface area contributed by atoms with E-state index in [2.05, 4.69) is 14.9 Å². The molecule has 2 aromatic rings. The average molecular weight is 282 g/mol. The number of rotatable bonds is 2. The number of nitrogens with zero attached hydrogens (tertiary/aromatic N) is 4. The van der Waals surface area contributed by atoms with Gasteiger partial charge >= 0.3 is 0 Å². The van der Waals surface area contributed by atoms with Crippen LogP contribution in [-0.4, -0.2) is 47.0 Å². The Hall–Kier alpha value is -2.43. The molecule has 108 valence electrons. The fourth-order valence-corrected chi connectivity index (χ4v) is 2.49. The number of carbonyl (C=O) groups excluding carboxylic acids is 1. The van der Waals surface area contributed by atoms with Gasteiger partial charge in [-0.2, -0.15) is 0 Å². The second-order valence-corrected chi connectivity index (χ2v) is 5.19. The van der Waals surface area contributed by atoms with Crippen LogP contribution in [0, 0.1) is 6.92 Å². The molecule has 5 heteroatoms. The number of hydrogen-bond acceptors (Lipinski definition) is 4. The Bertz CT molecular complexity index is 621. The van der Waals surface area contributed by atoms with Crippen molar-refractivity contribution in [3.05, 3.63) is 54.0 Å². The van der Waals surface area contributed by atoms with Crippen molar-refractivity contribution in [2.45, 2.75) is 6.92 Å². The summed E-state index contributed by atoms with van der Waals surface area (Å²) < 4.78 is 0. The van der Waals surface area contributed by atoms with Crippen LogP contribution in [0.5, 0.6) is 0 Å². The maximum Gasteiger partial charge on any atom is 0.272 e. The van der Waals surface area contributed by atoms with Gasteiger partial charge in [-0.1, -0.05) is 6.07 Å². The molecule has 0 bridgehead atoms. The molecule has 1 amide bonds. The van der Waals surface area contributed by atoms with E-state index in [9.17, 15) is 4.79 Å². The predicted octanol–water partition coefficient (Wildman–Crippen LogP) is 1.75. The van der Waals surface area contributed by atoms with Crippen LogP contribution in [0.15, 0.2) is 42.7 Å². The summed E-state index contributed by atoms with van der Waals surface area (Å²) in [5.41, 5.74) is 1.58. The summed E-state index contributed by atoms with van der Waals surface area (Å²) in [6, 6.07) is 9.63. The minimum Gasteiger partial charge on any atom is -0.353 e. The first-order chi connectivity index (χ1) is 10.2. The Balaban J connectivity index is 1.64. The van der Waals surface area contributed by atoms with Crippen LogP contribution in [0.4, 0.5) is 5.82 Å². The third-order valence-electron chi connectivity index (χ3n) is 3.67. The van der Waals surface area contributed by atoms with Crippen molar-refractivity contribution in [1.82, 2.24) is 14.9 Å². The van der Waals surface area contributed by atoms with E-state index >= 15 is 0 Å². The number of hydrogen-bond donors (Lipinski definition) is 0. The van der Waals surface area contributed by atoms with Crippen LogP contribution >= 0.6 is 0 Å². The highest BCUT2D eigenvalue weighted by Gasteiger charge is 2.23. The molecule has 5 nitrogen and oxygen atoms in total. The Morgan fingerprint density at radius 2 is 1.86 bits per heavy atom. The summed E-state index contributed by atoms with van der Waals surface area (Å²) in [6.07, 6.45) is 3.48. The second-order valence-electron chi connectivity index (χ2n) is 5.19. The van der Waals surface area contributed by atoms with Crippen molar-refractivity contribution in [2.24, 2.45) is 0 Å². The van der Waals surface area contributed by atoms with Crippen LogP contribution in [0.25, 0.3) is 0 Å². The molecule has 0 aromatic carbocycles. The maximum absolute atomic E-state index is 12.4. The number of carbonyl (C=O) groups is 1. The topological polar surface area (TPSA) is 49.3 Å². The van der Waals surface area contributed by atoms with Crippen LogP contribution in [0.1, 0.15) is 16.1 Å². The Labute approximate surface area is 124 Å². The van der Waals surface area contributed by atoms with Crippen molar-refractivity contribution in [2.75, 3.05) is 31.1 Å². The van der Waals surface area contributed by atoms with Crippen molar-refractivity contribution in [1.29, 1.82) is 0 Å². The lowest BCUT2D eigenvalue weighted by Crippen LogP contribution is -2.49. The molecule has 1 fully saturated rings. The largest absolute Gasteiger partial charge is 0.353 e. The van der Waals surface area contributed by atoms with E-state index in [1.54, 1.807) is 12.4 Å². The van der Waals surface area contributed by atoms with E-state index in [4.69, 9.17) is 0 Å². The lowest BCUT2D eigenvalue weighted by atomic mass is 10.2. The zero-order valence-electron chi connectivity index (χ0n) is 12.1. The molecular formula is C16H18N4O. The Morgan fingerprint density at radius 1 is 1.05 bits per heavy atom. The minimum atomic E-state index is 0.0133. The third kappa shape index (κ3) is 3.02. The van der Waals surface area contributed by atoms with Crippen LogP contribution in [0.3, 0.4) is 0 Å². The van der Waals surface area contributed by atoms with Gasteiger partial charge in [-0.3, -0.25) is 9.78 Å². The molecule has 1 aliphatic heterocycles. The zero-order valence-corrected chi connectivity index (χ0v) is 12.1. The highest BCUT2D eigenvalue weighted by Crippen LogP contribution is 2.14. The van der Waals surface area contributed by atoms with Gasteiger partial charge in [0, 0.05) is 38.6 Å². The first-order valence-electron chi connectivity index (χ1n) is 7.12. The van der Waals surface area contributed by atoms with Gasteiger partial charge < -0.3 is 9.80 Å². The summed E-state index contributed by atoms with van der Waals surface area (Å²) in [5.74, 6) is 0.984. The number of aryl methyl sites for hydroxylation is 1. The van der Waals surface area contributed by atoms with Crippen molar-refractivity contribution in [3.8, 4) is 0 Å². The summed E-state index contributed by atoms with van der Waals surface area (Å²) in [5, 5.41) is 0. The smallest absolute Gasteiger partial charge is 0.272 e. The molecule has 0 atom stereocenters. The summed E-state index contributed by atoms with van der Waals surface area (Å²) in [7, 11) is 0. The van der Waals surface area contributed by atoms with Gasteiger partial charge in [0.1, 0.15) is 11.5 Å². The van der Waals surface area contributed by atoms with Gasteiger partial charge in [-0.15, -0.1) is 0 Å². The van der Waals surface area contributed by atoms with Gasteiger partial charge in [0.05, 0.1) is 0 Å². The maximum atomic E-state index is 12.4. The first-order valence-corrected chi connectivity index (χ1v) is 7.12. The molecule has 0 radical (unpaired) electrons. The van der Waals surface area contributed by atoms with Gasteiger partial charge in [0.25, 0.3) is 5.91 Å². The molecule has 0 spiro atoms. The molecule has 1 saturated heterocycles. The molecule has 1 aliphatic rings. The predicted molar refractivity (Wildman–Crippen MR) is 81.3 cm³/mol. The van der Waals surface area contributed by atoms with E-state index in [0.29, 0.717) is 18.8 Å². The molecule has 3 rings (SSSR count). The Morgan fingerprint density at radius 3 is 2.52 bits per heavy atom. The first kappa shape index (κ1) is 13.5. The molecule has 3 heterocycles. The van der Waals surface area contributed by atoms with Crippen LogP contribution < -0.4 is 4.90 Å². The molecule has 0 aliphatic carbocycles. The molecular weight excluding hydrogens is 264 g/mol. The fourth-order valence-electron chi connectivity index (χ4n) is 2.49. The van der Waals surface area contributed by atoms with E-state index in [1.807, 2.05) is 42.2 Å². The van der Waals surface area contributed by atoms with E-state index in [0.717, 1.165) is 24.5 Å². The Kier molecular flexibility index (Phi) is 3.81. The quantitative estimate of drug-likeness (QED) is 0.842. The summed E-state index contributed by atoms with van der Waals surface area (Å²) in [6.45, 7) is 4.97. The van der Waals surface area contributed by atoms with Crippen molar-refractivity contribution in [3.63, 3.8) is 0 Å². The summed E-state index contributed by atoms with van der Waals surface area (Å²) >= 11 is 0. The van der Waals surface area contributed by atoms with Gasteiger partial charge in [-0.05, 0) is 36.8 Å². The SMILES string of the molecule is Cc1ccnc(C(=O)N2CCN(c3ccccn3)CC2)c1. The fraction of sp³-hybridized carbons (Fsp3) is 0.312. The number of anilines is 1. The van der Waals surface area contributed by atoms with Crippen molar-refractivity contribution < 1.29 is 4.79 Å². The lowest BCUT2D eigenvalue weighted by Gasteiger charge is -2.35. The number of piperazine rings is 1. The number of pyridine rings is 2. The zero-order chi connectivity index (χ0) is 14.7. The lowest BCUT2D eigenvalue weighted by molar-refractivity contribution is 0.0740. The number of aromatic nitrogens is 2. The van der Waals surface area contributed by atoms with Gasteiger partial charge in [0.15, 0.2) is 0 Å². The van der Waals surface area contributed by atoms with Crippen LogP contribution in [-0.2, 0) is 0 Å². The van der Waals surface area contributed by atoms with E-state index < -0.39 is 0 Å². The van der Waals surface area contributed by atoms with Crippen LogP contribution in [0.2, 0.25) is 0 Å². The standard InChI is InChI=1S/C16H18N4O/c1-13-5-7-17-14(12-13)16(21)20-10-8-19(9-11-20)15-4-2-3-6-18-15/h2-7,12H,8-11H2,1H3. The third-order valence-corrected chi connectivity index (χ3v) is 3.67. The van der Waals surface area contributed by atoms with Gasteiger partial charge in [-0.25, -0.2) is 4.98 Å². The van der Waals surface area contributed by atoms with E-state index in [1.165, 1.54) is 0 Å². The molecule has 0 saturated carbocycles. The highest BCUT2D eigenvalue weighted by atomic mass is 16.2. The van der Waals surface area contributed by atoms with Crippen molar-refractivity contribution >= 4 is 11.7 Å². The summed E-state index contributed by atoms with van der Waals surface area (Å²) in [4.78, 5) is 25.0. The van der Waals surface area contributed by atoms with E-state index in [-0.39, 0.29) is 5.91 Å². The number of amides is 1. The molecule has 0 N–H and O–H groups in total.